The van der Waals surface area contributed by atoms with Gasteiger partial charge in [-0.3, -0.25) is 9.78 Å². The van der Waals surface area contributed by atoms with E-state index in [9.17, 15) is 4.79 Å². The van der Waals surface area contributed by atoms with Gasteiger partial charge in [-0.25, -0.2) is 0 Å². The molecular weight excluding hydrogens is 226 g/mol. The van der Waals surface area contributed by atoms with Crippen molar-refractivity contribution in [3.8, 4) is 0 Å². The summed E-state index contributed by atoms with van der Waals surface area (Å²) in [6.45, 7) is 8.64. The van der Waals surface area contributed by atoms with E-state index in [1.54, 1.807) is 6.20 Å². The maximum Gasteiger partial charge on any atom is 0.230 e. The summed E-state index contributed by atoms with van der Waals surface area (Å²) >= 11 is 0. The van der Waals surface area contributed by atoms with Crippen LogP contribution in [-0.2, 0) is 11.3 Å². The van der Waals surface area contributed by atoms with Gasteiger partial charge in [-0.2, -0.15) is 0 Å². The van der Waals surface area contributed by atoms with Crippen LogP contribution in [0.25, 0.3) is 0 Å². The number of carbonyl (C=O) groups is 1. The minimum Gasteiger partial charge on any atom is -0.334 e. The molecule has 0 aromatic carbocycles. The second-order valence-electron chi connectivity index (χ2n) is 5.44. The van der Waals surface area contributed by atoms with Crippen LogP contribution >= 0.6 is 0 Å². The largest absolute Gasteiger partial charge is 0.334 e. The predicted octanol–water partition coefficient (Wildman–Crippen LogP) is 1.80. The van der Waals surface area contributed by atoms with E-state index in [1.165, 1.54) is 0 Å². The molecule has 0 saturated carbocycles. The van der Waals surface area contributed by atoms with E-state index >= 15 is 0 Å². The van der Waals surface area contributed by atoms with Crippen LogP contribution in [0.4, 0.5) is 0 Å². The first-order chi connectivity index (χ1) is 8.38. The maximum atomic E-state index is 12.5. The van der Waals surface area contributed by atoms with Crippen molar-refractivity contribution in [1.29, 1.82) is 0 Å². The number of hydrogen-bond donors (Lipinski definition) is 1. The molecule has 0 saturated heterocycles. The van der Waals surface area contributed by atoms with Crippen molar-refractivity contribution >= 4 is 5.91 Å². The number of amides is 1. The molecule has 1 amide bonds. The molecule has 0 radical (unpaired) electrons. The molecule has 4 nitrogen and oxygen atoms in total. The van der Waals surface area contributed by atoms with Gasteiger partial charge in [-0.05, 0) is 39.8 Å². The number of carbonyl (C=O) groups excluding carboxylic acids is 1. The van der Waals surface area contributed by atoms with Crippen molar-refractivity contribution in [3.05, 3.63) is 30.1 Å². The molecule has 0 unspecified atom stereocenters. The van der Waals surface area contributed by atoms with Crippen LogP contribution in [0, 0.1) is 5.41 Å². The lowest BCUT2D eigenvalue weighted by molar-refractivity contribution is -0.142. The molecule has 1 aromatic heterocycles. The zero-order valence-electron chi connectivity index (χ0n) is 11.7. The molecule has 0 aliphatic rings. The highest BCUT2D eigenvalue weighted by atomic mass is 16.2. The standard InChI is InChI=1S/C14H23N3O/c1-11(2)17(13(18)14(3,4)10-15)9-12-7-5-6-8-16-12/h5-8,11H,9-10,15H2,1-4H3. The van der Waals surface area contributed by atoms with Crippen LogP contribution in [0.1, 0.15) is 33.4 Å². The van der Waals surface area contributed by atoms with Gasteiger partial charge < -0.3 is 10.6 Å². The molecule has 0 bridgehead atoms. The third kappa shape index (κ3) is 3.53. The Morgan fingerprint density at radius 3 is 2.56 bits per heavy atom. The molecule has 1 heterocycles. The van der Waals surface area contributed by atoms with E-state index in [0.29, 0.717) is 13.1 Å². The molecule has 2 N–H and O–H groups in total. The van der Waals surface area contributed by atoms with E-state index < -0.39 is 5.41 Å². The Balaban J connectivity index is 2.88. The van der Waals surface area contributed by atoms with Crippen molar-refractivity contribution in [2.75, 3.05) is 6.54 Å². The zero-order valence-corrected chi connectivity index (χ0v) is 11.7. The topological polar surface area (TPSA) is 59.2 Å². The van der Waals surface area contributed by atoms with Crippen molar-refractivity contribution in [3.63, 3.8) is 0 Å². The average Bonchev–Trinajstić information content (AvgIpc) is 2.36. The summed E-state index contributed by atoms with van der Waals surface area (Å²) in [5.41, 5.74) is 6.04. The molecule has 0 aliphatic heterocycles. The predicted molar refractivity (Wildman–Crippen MR) is 72.8 cm³/mol. The van der Waals surface area contributed by atoms with Crippen LogP contribution < -0.4 is 5.73 Å². The molecule has 0 atom stereocenters. The minimum absolute atomic E-state index is 0.0747. The van der Waals surface area contributed by atoms with Crippen LogP contribution in [-0.4, -0.2) is 28.4 Å². The van der Waals surface area contributed by atoms with Gasteiger partial charge in [0, 0.05) is 18.8 Å². The first-order valence-corrected chi connectivity index (χ1v) is 6.29. The third-order valence-corrected chi connectivity index (χ3v) is 3.03. The summed E-state index contributed by atoms with van der Waals surface area (Å²) in [4.78, 5) is 18.6. The molecule has 100 valence electrons. The SMILES string of the molecule is CC(C)N(Cc1ccccn1)C(=O)C(C)(C)CN. The highest BCUT2D eigenvalue weighted by Gasteiger charge is 2.32. The second kappa shape index (κ2) is 5.96. The number of aromatic nitrogens is 1. The first kappa shape index (κ1) is 14.6. The maximum absolute atomic E-state index is 12.5. The summed E-state index contributed by atoms with van der Waals surface area (Å²) in [6.07, 6.45) is 1.74. The van der Waals surface area contributed by atoms with E-state index in [1.807, 2.05) is 50.8 Å². The highest BCUT2D eigenvalue weighted by Crippen LogP contribution is 2.20. The second-order valence-corrected chi connectivity index (χ2v) is 5.44. The molecule has 1 rings (SSSR count). The summed E-state index contributed by atoms with van der Waals surface area (Å²) in [5.74, 6) is 0.0747. The fourth-order valence-electron chi connectivity index (χ4n) is 1.63. The monoisotopic (exact) mass is 249 g/mol. The Hall–Kier alpha value is -1.42. The van der Waals surface area contributed by atoms with Gasteiger partial charge in [0.05, 0.1) is 17.7 Å². The van der Waals surface area contributed by atoms with Crippen molar-refractivity contribution in [2.24, 2.45) is 11.1 Å². The Morgan fingerprint density at radius 2 is 2.11 bits per heavy atom. The van der Waals surface area contributed by atoms with Gasteiger partial charge in [0.15, 0.2) is 0 Å². The number of rotatable bonds is 5. The van der Waals surface area contributed by atoms with E-state index in [4.69, 9.17) is 5.73 Å². The highest BCUT2D eigenvalue weighted by molar-refractivity contribution is 5.82. The molecule has 1 aromatic rings. The van der Waals surface area contributed by atoms with Gasteiger partial charge >= 0.3 is 0 Å². The average molecular weight is 249 g/mol. The van der Waals surface area contributed by atoms with E-state index in [2.05, 4.69) is 4.98 Å². The molecule has 0 aliphatic carbocycles. The summed E-state index contributed by atoms with van der Waals surface area (Å²) in [7, 11) is 0. The van der Waals surface area contributed by atoms with Crippen molar-refractivity contribution in [2.45, 2.75) is 40.3 Å². The van der Waals surface area contributed by atoms with Crippen LogP contribution in [0.3, 0.4) is 0 Å². The summed E-state index contributed by atoms with van der Waals surface area (Å²) in [5, 5.41) is 0. The third-order valence-electron chi connectivity index (χ3n) is 3.03. The Kier molecular flexibility index (Phi) is 4.84. The Labute approximate surface area is 109 Å². The Bertz CT molecular complexity index is 387. The van der Waals surface area contributed by atoms with Gasteiger partial charge in [-0.15, -0.1) is 0 Å². The molecule has 0 spiro atoms. The Morgan fingerprint density at radius 1 is 1.44 bits per heavy atom. The number of nitrogens with zero attached hydrogens (tertiary/aromatic N) is 2. The molecule has 4 heteroatoms. The lowest BCUT2D eigenvalue weighted by Crippen LogP contribution is -2.47. The van der Waals surface area contributed by atoms with Gasteiger partial charge in [0.2, 0.25) is 5.91 Å². The minimum atomic E-state index is -0.529. The number of pyridine rings is 1. The van der Waals surface area contributed by atoms with Crippen LogP contribution in [0.15, 0.2) is 24.4 Å². The van der Waals surface area contributed by atoms with Gasteiger partial charge in [0.1, 0.15) is 0 Å². The normalized spacial score (nSPS) is 11.7. The lowest BCUT2D eigenvalue weighted by atomic mass is 9.91. The molecule has 18 heavy (non-hydrogen) atoms. The van der Waals surface area contributed by atoms with Gasteiger partial charge in [-0.1, -0.05) is 6.07 Å². The van der Waals surface area contributed by atoms with E-state index in [-0.39, 0.29) is 11.9 Å². The van der Waals surface area contributed by atoms with Crippen molar-refractivity contribution in [1.82, 2.24) is 9.88 Å². The first-order valence-electron chi connectivity index (χ1n) is 6.29. The molecular formula is C14H23N3O. The zero-order chi connectivity index (χ0) is 13.8. The number of hydrogen-bond acceptors (Lipinski definition) is 3. The number of nitrogens with two attached hydrogens (primary N) is 1. The van der Waals surface area contributed by atoms with Crippen LogP contribution in [0.5, 0.6) is 0 Å². The van der Waals surface area contributed by atoms with Crippen LogP contribution in [0.2, 0.25) is 0 Å². The van der Waals surface area contributed by atoms with Crippen molar-refractivity contribution < 1.29 is 4.79 Å². The fraction of sp³-hybridized carbons (Fsp3) is 0.571. The summed E-state index contributed by atoms with van der Waals surface area (Å²) < 4.78 is 0. The fourth-order valence-corrected chi connectivity index (χ4v) is 1.63. The summed E-state index contributed by atoms with van der Waals surface area (Å²) in [6, 6.07) is 5.86. The molecule has 0 fully saturated rings. The lowest BCUT2D eigenvalue weighted by Gasteiger charge is -2.33. The quantitative estimate of drug-likeness (QED) is 0.865. The van der Waals surface area contributed by atoms with E-state index in [0.717, 1.165) is 5.69 Å². The van der Waals surface area contributed by atoms with Gasteiger partial charge in [0.25, 0.3) is 0 Å². The smallest absolute Gasteiger partial charge is 0.230 e.